The van der Waals surface area contributed by atoms with Gasteiger partial charge in [0.05, 0.1) is 4.90 Å². The molecule has 1 aliphatic carbocycles. The monoisotopic (exact) mass is 475 g/mol. The van der Waals surface area contributed by atoms with Gasteiger partial charge in [-0.1, -0.05) is 24.3 Å². The maximum Gasteiger partial charge on any atom is 0.243 e. The number of aromatic nitrogens is 1. The summed E-state index contributed by atoms with van der Waals surface area (Å²) < 4.78 is 42.5. The Bertz CT molecular complexity index is 1320. The van der Waals surface area contributed by atoms with Crippen molar-refractivity contribution in [3.8, 4) is 0 Å². The number of amides is 1. The van der Waals surface area contributed by atoms with Crippen LogP contribution >= 0.6 is 11.6 Å². The number of nitrogens with one attached hydrogen (secondary N) is 1. The number of aromatic amines is 1. The second kappa shape index (κ2) is 7.86. The van der Waals surface area contributed by atoms with E-state index in [9.17, 15) is 13.2 Å². The summed E-state index contributed by atoms with van der Waals surface area (Å²) in [5, 5.41) is 1.04. The van der Waals surface area contributed by atoms with E-state index in [4.69, 9.17) is 11.6 Å². The maximum absolute atomic E-state index is 15.5. The first-order valence-electron chi connectivity index (χ1n) is 10.6. The first kappa shape index (κ1) is 21.4. The molecule has 1 fully saturated rings. The molecule has 2 aliphatic rings. The molecule has 0 saturated heterocycles. The predicted molar refractivity (Wildman–Crippen MR) is 121 cm³/mol. The molecule has 1 atom stereocenters. The van der Waals surface area contributed by atoms with Gasteiger partial charge >= 0.3 is 0 Å². The van der Waals surface area contributed by atoms with Crippen molar-refractivity contribution in [3.63, 3.8) is 0 Å². The van der Waals surface area contributed by atoms with Crippen molar-refractivity contribution in [2.24, 2.45) is 0 Å². The molecule has 1 amide bonds. The van der Waals surface area contributed by atoms with Crippen molar-refractivity contribution < 1.29 is 17.6 Å². The third kappa shape index (κ3) is 3.41. The highest BCUT2D eigenvalue weighted by atomic mass is 35.5. The topological polar surface area (TPSA) is 73.5 Å². The molecule has 3 aromatic rings. The fourth-order valence-corrected chi connectivity index (χ4v) is 6.18. The average Bonchev–Trinajstić information content (AvgIpc) is 3.57. The molecule has 1 aromatic heterocycles. The molecular formula is C23H23ClFN3O3S. The molecule has 1 saturated carbocycles. The van der Waals surface area contributed by atoms with Gasteiger partial charge in [-0.15, -0.1) is 11.6 Å². The van der Waals surface area contributed by atoms with Gasteiger partial charge in [0, 0.05) is 41.8 Å². The highest BCUT2D eigenvalue weighted by Gasteiger charge is 2.38. The van der Waals surface area contributed by atoms with E-state index in [-0.39, 0.29) is 28.3 Å². The Morgan fingerprint density at radius 1 is 1.25 bits per heavy atom. The minimum Gasteiger partial charge on any atom is -0.356 e. The average molecular weight is 476 g/mol. The van der Waals surface area contributed by atoms with Crippen molar-refractivity contribution in [1.82, 2.24) is 14.2 Å². The minimum absolute atomic E-state index is 0.0215. The van der Waals surface area contributed by atoms with Gasteiger partial charge in [0.15, 0.2) is 0 Å². The van der Waals surface area contributed by atoms with Gasteiger partial charge in [0.25, 0.3) is 0 Å². The lowest BCUT2D eigenvalue weighted by Gasteiger charge is -2.36. The summed E-state index contributed by atoms with van der Waals surface area (Å²) in [7, 11) is -2.25. The lowest BCUT2D eigenvalue weighted by Crippen LogP contribution is -2.41. The van der Waals surface area contributed by atoms with Crippen LogP contribution in [0.25, 0.3) is 10.9 Å². The smallest absolute Gasteiger partial charge is 0.243 e. The van der Waals surface area contributed by atoms with Gasteiger partial charge in [-0.3, -0.25) is 4.79 Å². The van der Waals surface area contributed by atoms with Crippen LogP contribution in [0.3, 0.4) is 0 Å². The van der Waals surface area contributed by atoms with Crippen molar-refractivity contribution in [2.75, 3.05) is 19.5 Å². The zero-order valence-corrected chi connectivity index (χ0v) is 19.1. The summed E-state index contributed by atoms with van der Waals surface area (Å²) in [6.07, 6.45) is 2.26. The summed E-state index contributed by atoms with van der Waals surface area (Å²) in [6.45, 7) is 0.398. The molecule has 0 spiro atoms. The van der Waals surface area contributed by atoms with E-state index in [0.29, 0.717) is 13.0 Å². The predicted octanol–water partition coefficient (Wildman–Crippen LogP) is 3.80. The Balaban J connectivity index is 1.62. The van der Waals surface area contributed by atoms with E-state index in [1.54, 1.807) is 4.90 Å². The van der Waals surface area contributed by atoms with E-state index in [1.807, 2.05) is 24.3 Å². The number of sulfonamides is 1. The number of benzene rings is 2. The number of fused-ring (bicyclic) bond motifs is 3. The van der Waals surface area contributed by atoms with Gasteiger partial charge in [0.2, 0.25) is 15.9 Å². The van der Waals surface area contributed by atoms with Crippen LogP contribution in [0.5, 0.6) is 0 Å². The quantitative estimate of drug-likeness (QED) is 0.570. The number of para-hydroxylation sites is 1. The van der Waals surface area contributed by atoms with Crippen LogP contribution in [0, 0.1) is 5.82 Å². The zero-order valence-electron chi connectivity index (χ0n) is 17.5. The van der Waals surface area contributed by atoms with Crippen LogP contribution in [0.4, 0.5) is 4.39 Å². The van der Waals surface area contributed by atoms with Crippen LogP contribution in [0.2, 0.25) is 0 Å². The summed E-state index contributed by atoms with van der Waals surface area (Å²) in [5.74, 6) is -1.18. The minimum atomic E-state index is -3.78. The molecule has 32 heavy (non-hydrogen) atoms. The van der Waals surface area contributed by atoms with E-state index < -0.39 is 21.9 Å². The Morgan fingerprint density at radius 3 is 2.69 bits per heavy atom. The third-order valence-electron chi connectivity index (χ3n) is 6.47. The normalized spacial score (nSPS) is 18.9. The Labute approximate surface area is 191 Å². The molecule has 1 N–H and O–H groups in total. The molecule has 6 nitrogen and oxygen atoms in total. The summed E-state index contributed by atoms with van der Waals surface area (Å²) in [5.41, 5.74) is 2.92. The molecule has 2 aromatic carbocycles. The number of halogens is 2. The van der Waals surface area contributed by atoms with E-state index in [1.165, 1.54) is 23.5 Å². The summed E-state index contributed by atoms with van der Waals surface area (Å²) in [4.78, 5) is 17.5. The first-order chi connectivity index (χ1) is 15.3. The molecule has 168 valence electrons. The lowest BCUT2D eigenvalue weighted by molar-refractivity contribution is -0.130. The van der Waals surface area contributed by atoms with Crippen LogP contribution in [-0.2, 0) is 21.2 Å². The van der Waals surface area contributed by atoms with Gasteiger partial charge in [-0.05, 0) is 43.0 Å². The number of hydrogen-bond acceptors (Lipinski definition) is 3. The second-order valence-corrected chi connectivity index (χ2v) is 10.6. The van der Waals surface area contributed by atoms with E-state index in [0.717, 1.165) is 41.1 Å². The van der Waals surface area contributed by atoms with Gasteiger partial charge in [-0.2, -0.15) is 4.31 Å². The molecular weight excluding hydrogens is 453 g/mol. The second-order valence-electron chi connectivity index (χ2n) is 8.37. The van der Waals surface area contributed by atoms with Crippen LogP contribution in [0.15, 0.2) is 47.4 Å². The largest absolute Gasteiger partial charge is 0.356 e. The molecule has 0 unspecified atom stereocenters. The Kier molecular flexibility index (Phi) is 5.27. The standard InChI is InChI=1S/C23H23ClFN3O3S/c1-27(14-6-7-14)32(30,31)15-8-9-18(19(25)12-15)23-22-17(10-11-28(23)21(29)13-24)16-4-2-3-5-20(16)26-22/h2-5,8-9,12,14,23,26H,6-7,10-11,13H2,1H3/t23-/m0/s1. The van der Waals surface area contributed by atoms with Gasteiger partial charge in [-0.25, -0.2) is 12.8 Å². The van der Waals surface area contributed by atoms with Crippen LogP contribution in [-0.4, -0.2) is 54.0 Å². The molecule has 9 heteroatoms. The van der Waals surface area contributed by atoms with Crippen molar-refractivity contribution in [2.45, 2.75) is 36.2 Å². The van der Waals surface area contributed by atoms with Crippen molar-refractivity contribution in [1.29, 1.82) is 0 Å². The molecule has 0 radical (unpaired) electrons. The van der Waals surface area contributed by atoms with Gasteiger partial charge < -0.3 is 9.88 Å². The fraction of sp³-hybridized carbons (Fsp3) is 0.348. The molecule has 2 heterocycles. The summed E-state index contributed by atoms with van der Waals surface area (Å²) in [6, 6.07) is 11.0. The maximum atomic E-state index is 15.5. The Hall–Kier alpha value is -2.42. The summed E-state index contributed by atoms with van der Waals surface area (Å²) >= 11 is 5.86. The molecule has 5 rings (SSSR count). The molecule has 0 bridgehead atoms. The molecule has 1 aliphatic heterocycles. The Morgan fingerprint density at radius 2 is 2.00 bits per heavy atom. The lowest BCUT2D eigenvalue weighted by atomic mass is 9.92. The highest BCUT2D eigenvalue weighted by molar-refractivity contribution is 7.89. The number of rotatable bonds is 5. The number of H-pyrrole nitrogens is 1. The number of carbonyl (C=O) groups excluding carboxylic acids is 1. The van der Waals surface area contributed by atoms with Crippen LogP contribution in [0.1, 0.15) is 35.7 Å². The number of carbonyl (C=O) groups is 1. The zero-order chi connectivity index (χ0) is 22.6. The number of nitrogens with zero attached hydrogens (tertiary/aromatic N) is 2. The highest BCUT2D eigenvalue weighted by Crippen LogP contribution is 2.40. The number of hydrogen-bond donors (Lipinski definition) is 1. The van der Waals surface area contributed by atoms with E-state index >= 15 is 4.39 Å². The SMILES string of the molecule is CN(C1CC1)S(=O)(=O)c1ccc([C@H]2c3[nH]c4ccccc4c3CCN2C(=O)CCl)c(F)c1. The van der Waals surface area contributed by atoms with Crippen LogP contribution < -0.4 is 0 Å². The van der Waals surface area contributed by atoms with Crippen molar-refractivity contribution in [3.05, 3.63) is 65.1 Å². The van der Waals surface area contributed by atoms with E-state index in [2.05, 4.69) is 4.98 Å². The first-order valence-corrected chi connectivity index (χ1v) is 12.5. The van der Waals surface area contributed by atoms with Crippen molar-refractivity contribution >= 4 is 38.4 Å². The fourth-order valence-electron chi connectivity index (χ4n) is 4.60. The number of alkyl halides is 1. The third-order valence-corrected chi connectivity index (χ3v) is 8.61. The van der Waals surface area contributed by atoms with Gasteiger partial charge in [0.1, 0.15) is 17.7 Å².